The first-order valence-corrected chi connectivity index (χ1v) is 8.65. The molecule has 12 heteroatoms. The summed E-state index contributed by atoms with van der Waals surface area (Å²) in [6.07, 6.45) is -7.51. The van der Waals surface area contributed by atoms with Gasteiger partial charge in [-0.3, -0.25) is 9.08 Å². The minimum atomic E-state index is -4.62. The second-order valence-electron chi connectivity index (χ2n) is 5.56. The molecule has 2 atom stereocenters. The van der Waals surface area contributed by atoms with Crippen LogP contribution in [-0.4, -0.2) is 54.3 Å². The number of amides is 1. The van der Waals surface area contributed by atoms with Crippen LogP contribution in [0, 0.1) is 0 Å². The van der Waals surface area contributed by atoms with Gasteiger partial charge in [-0.15, -0.1) is 0 Å². The van der Waals surface area contributed by atoms with Gasteiger partial charge in [-0.1, -0.05) is 0 Å². The first kappa shape index (κ1) is 20.0. The molecule has 1 heterocycles. The molecule has 1 saturated heterocycles. The fourth-order valence-electron chi connectivity index (χ4n) is 2.53. The van der Waals surface area contributed by atoms with Gasteiger partial charge in [-0.05, 0) is 37.1 Å². The van der Waals surface area contributed by atoms with Crippen LogP contribution in [0.4, 0.5) is 18.0 Å². The van der Waals surface area contributed by atoms with Crippen molar-refractivity contribution in [2.24, 2.45) is 0 Å². The normalized spacial score (nSPS) is 21.4. The number of alkyl halides is 3. The lowest BCUT2D eigenvalue weighted by Crippen LogP contribution is -2.52. The van der Waals surface area contributed by atoms with Crippen molar-refractivity contribution in [1.82, 2.24) is 4.90 Å². The molecular weight excluding hydrogens is 383 g/mol. The van der Waals surface area contributed by atoms with E-state index in [4.69, 9.17) is 14.4 Å². The summed E-state index contributed by atoms with van der Waals surface area (Å²) in [5, 5.41) is 18.0. The molecule has 1 aromatic rings. The molecule has 144 valence electrons. The van der Waals surface area contributed by atoms with Gasteiger partial charge in [-0.25, -0.2) is 9.59 Å². The SMILES string of the molecule is O=C(O)[C@@H]1CC[C@H](OS(=O)(=O)c2ccc(C(F)(F)F)cc2)CN1C(=O)O. The summed E-state index contributed by atoms with van der Waals surface area (Å²) >= 11 is 0. The zero-order valence-electron chi connectivity index (χ0n) is 13.0. The smallest absolute Gasteiger partial charge is 0.416 e. The van der Waals surface area contributed by atoms with Crippen molar-refractivity contribution in [2.45, 2.75) is 36.1 Å². The average molecular weight is 397 g/mol. The number of likely N-dealkylation sites (tertiary alicyclic amines) is 1. The van der Waals surface area contributed by atoms with Crippen LogP contribution in [0.2, 0.25) is 0 Å². The summed E-state index contributed by atoms with van der Waals surface area (Å²) < 4.78 is 66.8. The van der Waals surface area contributed by atoms with Crippen LogP contribution in [-0.2, 0) is 25.3 Å². The number of hydrogen-bond donors (Lipinski definition) is 2. The van der Waals surface area contributed by atoms with E-state index in [1.807, 2.05) is 0 Å². The Bertz CT molecular complexity index is 792. The summed E-state index contributed by atoms with van der Waals surface area (Å²) in [5.74, 6) is -1.36. The van der Waals surface area contributed by atoms with Gasteiger partial charge in [0.15, 0.2) is 0 Å². The molecule has 0 aliphatic carbocycles. The Morgan fingerprint density at radius 3 is 2.15 bits per heavy atom. The molecule has 0 bridgehead atoms. The molecule has 0 unspecified atom stereocenters. The lowest BCUT2D eigenvalue weighted by Gasteiger charge is -2.34. The maximum Gasteiger partial charge on any atom is 0.416 e. The highest BCUT2D eigenvalue weighted by Crippen LogP contribution is 2.30. The average Bonchev–Trinajstić information content (AvgIpc) is 2.53. The first-order valence-electron chi connectivity index (χ1n) is 7.25. The van der Waals surface area contributed by atoms with Crippen molar-refractivity contribution in [2.75, 3.05) is 6.54 Å². The third-order valence-electron chi connectivity index (χ3n) is 3.80. The molecule has 2 rings (SSSR count). The number of benzene rings is 1. The first-order chi connectivity index (χ1) is 11.9. The summed E-state index contributed by atoms with van der Waals surface area (Å²) in [7, 11) is -4.44. The van der Waals surface area contributed by atoms with E-state index in [2.05, 4.69) is 0 Å². The predicted octanol–water partition coefficient (Wildman–Crippen LogP) is 2.01. The number of halogens is 3. The zero-order valence-corrected chi connectivity index (χ0v) is 13.8. The van der Waals surface area contributed by atoms with Crippen LogP contribution in [0.5, 0.6) is 0 Å². The molecule has 1 aliphatic heterocycles. The minimum Gasteiger partial charge on any atom is -0.480 e. The molecule has 0 saturated carbocycles. The molecule has 2 N–H and O–H groups in total. The predicted molar refractivity (Wildman–Crippen MR) is 78.9 cm³/mol. The van der Waals surface area contributed by atoms with Crippen molar-refractivity contribution in [3.05, 3.63) is 29.8 Å². The highest BCUT2D eigenvalue weighted by Gasteiger charge is 2.38. The Morgan fingerprint density at radius 1 is 1.12 bits per heavy atom. The highest BCUT2D eigenvalue weighted by molar-refractivity contribution is 7.86. The van der Waals surface area contributed by atoms with Crippen molar-refractivity contribution in [3.63, 3.8) is 0 Å². The lowest BCUT2D eigenvalue weighted by atomic mass is 10.0. The molecule has 26 heavy (non-hydrogen) atoms. The molecule has 0 radical (unpaired) electrons. The number of hydrogen-bond acceptors (Lipinski definition) is 5. The standard InChI is InChI=1S/C14H14F3NO7S/c15-14(16,17)8-1-4-10(5-2-8)26(23,24)25-9-3-6-11(12(19)20)18(7-9)13(21)22/h1-2,4-5,9,11H,3,6-7H2,(H,19,20)(H,21,22)/t9-,11-/m0/s1. The van der Waals surface area contributed by atoms with Crippen molar-refractivity contribution in [1.29, 1.82) is 0 Å². The lowest BCUT2D eigenvalue weighted by molar-refractivity contribution is -0.144. The molecule has 1 fully saturated rings. The number of rotatable bonds is 4. The summed E-state index contributed by atoms with van der Waals surface area (Å²) in [6, 6.07) is 1.31. The largest absolute Gasteiger partial charge is 0.480 e. The van der Waals surface area contributed by atoms with Gasteiger partial charge < -0.3 is 10.2 Å². The van der Waals surface area contributed by atoms with Gasteiger partial charge >= 0.3 is 18.2 Å². The fourth-order valence-corrected chi connectivity index (χ4v) is 3.63. The van der Waals surface area contributed by atoms with Gasteiger partial charge in [0.05, 0.1) is 23.1 Å². The van der Waals surface area contributed by atoms with Gasteiger partial charge in [0.1, 0.15) is 6.04 Å². The number of aliphatic carboxylic acids is 1. The minimum absolute atomic E-state index is 0.0411. The Kier molecular flexibility index (Phi) is 5.47. The van der Waals surface area contributed by atoms with Gasteiger partial charge in [-0.2, -0.15) is 21.6 Å². The van der Waals surface area contributed by atoms with E-state index >= 15 is 0 Å². The molecule has 0 spiro atoms. The van der Waals surface area contributed by atoms with E-state index in [0.717, 1.165) is 12.1 Å². The number of piperidine rings is 1. The molecule has 1 aliphatic rings. The fraction of sp³-hybridized carbons (Fsp3) is 0.429. The van der Waals surface area contributed by atoms with E-state index in [1.165, 1.54) is 0 Å². The van der Waals surface area contributed by atoms with Crippen LogP contribution in [0.3, 0.4) is 0 Å². The Morgan fingerprint density at radius 2 is 1.69 bits per heavy atom. The van der Waals surface area contributed by atoms with Gasteiger partial charge in [0.25, 0.3) is 10.1 Å². The maximum absolute atomic E-state index is 12.5. The molecular formula is C14H14F3NO7S. The van der Waals surface area contributed by atoms with Crippen LogP contribution in [0.1, 0.15) is 18.4 Å². The van der Waals surface area contributed by atoms with Crippen molar-refractivity contribution in [3.8, 4) is 0 Å². The topological polar surface area (TPSA) is 121 Å². The molecule has 0 aromatic heterocycles. The highest BCUT2D eigenvalue weighted by atomic mass is 32.2. The monoisotopic (exact) mass is 397 g/mol. The maximum atomic E-state index is 12.5. The molecule has 1 aromatic carbocycles. The van der Waals surface area contributed by atoms with Crippen LogP contribution in [0.25, 0.3) is 0 Å². The third-order valence-corrected chi connectivity index (χ3v) is 5.18. The summed E-state index contributed by atoms with van der Waals surface area (Å²) in [6.45, 7) is -0.494. The van der Waals surface area contributed by atoms with Gasteiger partial charge in [0.2, 0.25) is 0 Å². The van der Waals surface area contributed by atoms with Crippen molar-refractivity contribution >= 4 is 22.2 Å². The Balaban J connectivity index is 2.14. The van der Waals surface area contributed by atoms with E-state index in [0.29, 0.717) is 17.0 Å². The Hall–Kier alpha value is -2.34. The number of nitrogens with zero attached hydrogens (tertiary/aromatic N) is 1. The van der Waals surface area contributed by atoms with Crippen LogP contribution in [0.15, 0.2) is 29.2 Å². The van der Waals surface area contributed by atoms with E-state index in [1.54, 1.807) is 0 Å². The van der Waals surface area contributed by atoms with E-state index in [-0.39, 0.29) is 12.8 Å². The second kappa shape index (κ2) is 7.11. The second-order valence-corrected chi connectivity index (χ2v) is 7.13. The van der Waals surface area contributed by atoms with Crippen molar-refractivity contribution < 1.29 is 45.6 Å². The van der Waals surface area contributed by atoms with Crippen LogP contribution >= 0.6 is 0 Å². The zero-order chi connectivity index (χ0) is 19.7. The quantitative estimate of drug-likeness (QED) is 0.746. The summed E-state index contributed by atoms with van der Waals surface area (Å²) in [4.78, 5) is 22.2. The van der Waals surface area contributed by atoms with Crippen LogP contribution < -0.4 is 0 Å². The van der Waals surface area contributed by atoms with Gasteiger partial charge in [0, 0.05) is 0 Å². The number of carboxylic acids is 1. The molecule has 8 nitrogen and oxygen atoms in total. The van der Waals surface area contributed by atoms with E-state index < -0.39 is 57.5 Å². The van der Waals surface area contributed by atoms with E-state index in [9.17, 15) is 31.2 Å². The number of carboxylic acid groups (broad SMARTS) is 2. The third kappa shape index (κ3) is 4.43. The molecule has 1 amide bonds. The summed E-state index contributed by atoms with van der Waals surface area (Å²) in [5.41, 5.74) is -1.03. The Labute approximate surface area is 145 Å². The number of carbonyl (C=O) groups is 2.